The highest BCUT2D eigenvalue weighted by Crippen LogP contribution is 2.28. The minimum Gasteiger partial charge on any atom is -0.334 e. The molecule has 1 amide bonds. The number of halogens is 1. The number of aromatic nitrogens is 5. The zero-order valence-corrected chi connectivity index (χ0v) is 17.1. The van der Waals surface area contributed by atoms with Crippen molar-refractivity contribution in [3.05, 3.63) is 64.6 Å². The number of carbonyl (C=O) groups excluding carboxylic acids is 1. The highest BCUT2D eigenvalue weighted by atomic mass is 19.1. The van der Waals surface area contributed by atoms with Crippen molar-refractivity contribution < 1.29 is 9.18 Å². The van der Waals surface area contributed by atoms with Gasteiger partial charge in [0.2, 0.25) is 0 Å². The van der Waals surface area contributed by atoms with Crippen molar-refractivity contribution in [2.75, 3.05) is 23.3 Å². The summed E-state index contributed by atoms with van der Waals surface area (Å²) in [7, 11) is 1.74. The molecule has 4 rings (SSSR count). The number of rotatable bonds is 4. The molecule has 0 unspecified atom stereocenters. The van der Waals surface area contributed by atoms with E-state index in [9.17, 15) is 9.18 Å². The maximum atomic E-state index is 13.7. The normalized spacial score (nSPS) is 14.2. The smallest absolute Gasteiger partial charge is 0.266 e. The average Bonchev–Trinajstić information content (AvgIpc) is 3.17. The number of nitrogens with one attached hydrogen (secondary N) is 1. The van der Waals surface area contributed by atoms with Crippen LogP contribution in [-0.4, -0.2) is 44.2 Å². The molecule has 154 valence electrons. The van der Waals surface area contributed by atoms with Crippen LogP contribution >= 0.6 is 0 Å². The number of hydrogen-bond donors (Lipinski definition) is 1. The Morgan fingerprint density at radius 2 is 2.03 bits per heavy atom. The molecule has 1 aliphatic heterocycles. The number of benzene rings is 1. The molecular weight excluding hydrogens is 385 g/mol. The second kappa shape index (κ2) is 8.02. The first-order valence-electron chi connectivity index (χ1n) is 9.63. The van der Waals surface area contributed by atoms with Crippen LogP contribution < -0.4 is 10.2 Å². The van der Waals surface area contributed by atoms with Crippen molar-refractivity contribution in [1.29, 1.82) is 0 Å². The van der Waals surface area contributed by atoms with E-state index in [2.05, 4.69) is 37.5 Å². The van der Waals surface area contributed by atoms with E-state index in [0.717, 1.165) is 24.1 Å². The molecule has 0 fully saturated rings. The Hall–Kier alpha value is -3.62. The van der Waals surface area contributed by atoms with Crippen molar-refractivity contribution in [3.8, 4) is 0 Å². The van der Waals surface area contributed by atoms with Crippen LogP contribution in [0.5, 0.6) is 0 Å². The maximum absolute atomic E-state index is 13.7. The van der Waals surface area contributed by atoms with Crippen molar-refractivity contribution >= 4 is 23.2 Å². The van der Waals surface area contributed by atoms with Gasteiger partial charge in [-0.2, -0.15) is 4.80 Å². The molecule has 8 nitrogen and oxygen atoms in total. The maximum Gasteiger partial charge on any atom is 0.266 e. The highest BCUT2D eigenvalue weighted by molar-refractivity contribution is 6.04. The van der Waals surface area contributed by atoms with Gasteiger partial charge in [-0.25, -0.2) is 9.37 Å². The van der Waals surface area contributed by atoms with Gasteiger partial charge in [0.25, 0.3) is 11.9 Å². The first kappa shape index (κ1) is 19.7. The van der Waals surface area contributed by atoms with Crippen LogP contribution in [0.15, 0.2) is 42.1 Å². The van der Waals surface area contributed by atoms with Crippen LogP contribution in [0.4, 0.5) is 16.2 Å². The third-order valence-corrected chi connectivity index (χ3v) is 5.27. The zero-order valence-electron chi connectivity index (χ0n) is 17.1. The van der Waals surface area contributed by atoms with Crippen molar-refractivity contribution in [3.63, 3.8) is 0 Å². The fourth-order valence-electron chi connectivity index (χ4n) is 3.45. The second-order valence-corrected chi connectivity index (χ2v) is 7.31. The number of pyridine rings is 1. The largest absolute Gasteiger partial charge is 0.334 e. The minimum atomic E-state index is -0.409. The van der Waals surface area contributed by atoms with Gasteiger partial charge in [0, 0.05) is 24.8 Å². The zero-order chi connectivity index (χ0) is 21.3. The van der Waals surface area contributed by atoms with E-state index in [4.69, 9.17) is 0 Å². The lowest BCUT2D eigenvalue weighted by atomic mass is 9.96. The van der Waals surface area contributed by atoms with Gasteiger partial charge in [-0.05, 0) is 66.4 Å². The van der Waals surface area contributed by atoms with Gasteiger partial charge in [0.1, 0.15) is 11.6 Å². The molecule has 0 atom stereocenters. The van der Waals surface area contributed by atoms with Crippen molar-refractivity contribution in [1.82, 2.24) is 25.2 Å². The summed E-state index contributed by atoms with van der Waals surface area (Å²) in [6.45, 7) is 5.18. The Morgan fingerprint density at radius 1 is 1.20 bits per heavy atom. The van der Waals surface area contributed by atoms with Gasteiger partial charge in [0.05, 0.1) is 7.05 Å². The van der Waals surface area contributed by atoms with Crippen LogP contribution in [0.1, 0.15) is 34.8 Å². The number of aryl methyl sites for hydroxylation is 1. The van der Waals surface area contributed by atoms with Crippen molar-refractivity contribution in [2.24, 2.45) is 7.05 Å². The second-order valence-electron chi connectivity index (χ2n) is 7.31. The molecule has 9 heteroatoms. The molecule has 1 aliphatic rings. The standard InChI is InChI=1S/C21H22FN7O/c1-13-9-10-29(21-25-27-28(3)26-21)12-17(13)15-7-8-19(23-11-15)24-20(30)16-5-4-6-18(22)14(16)2/h4-8,11H,9-10,12H2,1-3H3,(H,23,24,30). The summed E-state index contributed by atoms with van der Waals surface area (Å²) in [5, 5.41) is 15.0. The first-order valence-corrected chi connectivity index (χ1v) is 9.63. The predicted octanol–water partition coefficient (Wildman–Crippen LogP) is 2.99. The number of carbonyl (C=O) groups is 1. The summed E-state index contributed by atoms with van der Waals surface area (Å²) in [5.41, 5.74) is 4.01. The number of nitrogens with zero attached hydrogens (tertiary/aromatic N) is 6. The lowest BCUT2D eigenvalue weighted by Gasteiger charge is -2.28. The SMILES string of the molecule is CC1=C(c2ccc(NC(=O)c3cccc(F)c3C)nc2)CN(c2nnn(C)n2)CC1. The van der Waals surface area contributed by atoms with E-state index >= 15 is 0 Å². The molecule has 0 aliphatic carbocycles. The number of hydrogen-bond acceptors (Lipinski definition) is 6. The minimum absolute atomic E-state index is 0.291. The third kappa shape index (κ3) is 3.91. The number of anilines is 2. The predicted molar refractivity (Wildman–Crippen MR) is 112 cm³/mol. The topological polar surface area (TPSA) is 88.8 Å². The van der Waals surface area contributed by atoms with Crippen LogP contribution in [0.3, 0.4) is 0 Å². The Labute approximate surface area is 173 Å². The average molecular weight is 407 g/mol. The molecule has 3 heterocycles. The van der Waals surface area contributed by atoms with Gasteiger partial charge >= 0.3 is 0 Å². The van der Waals surface area contributed by atoms with Gasteiger partial charge < -0.3 is 10.2 Å². The van der Waals surface area contributed by atoms with Crippen LogP contribution in [0, 0.1) is 12.7 Å². The molecule has 0 bridgehead atoms. The number of tetrazole rings is 1. The summed E-state index contributed by atoms with van der Waals surface area (Å²) in [5.74, 6) is 0.215. The molecule has 0 saturated carbocycles. The van der Waals surface area contributed by atoms with Crippen molar-refractivity contribution in [2.45, 2.75) is 20.3 Å². The Morgan fingerprint density at radius 3 is 2.73 bits per heavy atom. The monoisotopic (exact) mass is 407 g/mol. The third-order valence-electron chi connectivity index (χ3n) is 5.27. The quantitative estimate of drug-likeness (QED) is 0.715. The van der Waals surface area contributed by atoms with Gasteiger partial charge in [-0.15, -0.1) is 5.10 Å². The van der Waals surface area contributed by atoms with E-state index in [1.807, 2.05) is 6.07 Å². The molecule has 1 aromatic carbocycles. The number of amides is 1. The van der Waals surface area contributed by atoms with Crippen LogP contribution in [0.25, 0.3) is 5.57 Å². The molecule has 0 spiro atoms. The lowest BCUT2D eigenvalue weighted by Crippen LogP contribution is -2.31. The first-order chi connectivity index (χ1) is 14.4. The summed E-state index contributed by atoms with van der Waals surface area (Å²) in [6.07, 6.45) is 2.63. The van der Waals surface area contributed by atoms with E-state index in [1.54, 1.807) is 32.3 Å². The van der Waals surface area contributed by atoms with E-state index in [1.165, 1.54) is 22.5 Å². The Balaban J connectivity index is 1.50. The van der Waals surface area contributed by atoms with Gasteiger partial charge in [-0.1, -0.05) is 16.7 Å². The summed E-state index contributed by atoms with van der Waals surface area (Å²) >= 11 is 0. The van der Waals surface area contributed by atoms with Crippen LogP contribution in [0.2, 0.25) is 0 Å². The fourth-order valence-corrected chi connectivity index (χ4v) is 3.45. The molecule has 1 N–H and O–H groups in total. The molecule has 0 saturated heterocycles. The van der Waals surface area contributed by atoms with Gasteiger partial charge in [-0.3, -0.25) is 4.79 Å². The molecule has 30 heavy (non-hydrogen) atoms. The summed E-state index contributed by atoms with van der Waals surface area (Å²) < 4.78 is 13.7. The molecule has 3 aromatic rings. The fraction of sp³-hybridized carbons (Fsp3) is 0.286. The van der Waals surface area contributed by atoms with E-state index in [-0.39, 0.29) is 5.91 Å². The van der Waals surface area contributed by atoms with E-state index < -0.39 is 5.82 Å². The summed E-state index contributed by atoms with van der Waals surface area (Å²) in [4.78, 5) is 20.4. The molecular formula is C21H22FN7O. The molecule has 0 radical (unpaired) electrons. The lowest BCUT2D eigenvalue weighted by molar-refractivity contribution is 0.102. The Kier molecular flexibility index (Phi) is 5.26. The van der Waals surface area contributed by atoms with E-state index in [0.29, 0.717) is 29.4 Å². The van der Waals surface area contributed by atoms with Crippen LogP contribution in [-0.2, 0) is 7.05 Å². The molecule has 2 aromatic heterocycles. The summed E-state index contributed by atoms with van der Waals surface area (Å²) in [6, 6.07) is 8.12. The van der Waals surface area contributed by atoms with Gasteiger partial charge in [0.15, 0.2) is 0 Å². The Bertz CT molecular complexity index is 1120. The highest BCUT2D eigenvalue weighted by Gasteiger charge is 2.21.